The standard InChI is InChI=1S/C14H20/c1-2-11-6-10-8-14(11)7-9-4-3-5-12(14)13(9)10/h3-4,9-13H,2,5-8H2,1H3. The molecule has 1 spiro atoms. The van der Waals surface area contributed by atoms with Crippen LogP contribution in [0.15, 0.2) is 12.2 Å². The lowest BCUT2D eigenvalue weighted by Gasteiger charge is -2.38. The van der Waals surface area contributed by atoms with Crippen LogP contribution in [0.3, 0.4) is 0 Å². The van der Waals surface area contributed by atoms with Crippen LogP contribution in [0.25, 0.3) is 0 Å². The molecule has 0 heterocycles. The summed E-state index contributed by atoms with van der Waals surface area (Å²) in [6.07, 6.45) is 12.7. The largest absolute Gasteiger partial charge is 0.0879 e. The monoisotopic (exact) mass is 188 g/mol. The molecule has 0 nitrogen and oxygen atoms in total. The minimum atomic E-state index is 0.832. The molecule has 5 bridgehead atoms. The maximum atomic E-state index is 2.56. The number of hydrogen-bond acceptors (Lipinski definition) is 0. The summed E-state index contributed by atoms with van der Waals surface area (Å²) in [5.74, 6) is 5.47. The lowest BCUT2D eigenvalue weighted by atomic mass is 9.67. The molecule has 3 saturated carbocycles. The Balaban J connectivity index is 1.83. The van der Waals surface area contributed by atoms with Crippen molar-refractivity contribution in [2.24, 2.45) is 35.0 Å². The Labute approximate surface area is 86.8 Å². The molecule has 0 amide bonds. The first-order valence-electron chi connectivity index (χ1n) is 6.52. The third-order valence-corrected chi connectivity index (χ3v) is 6.17. The molecule has 76 valence electrons. The van der Waals surface area contributed by atoms with Gasteiger partial charge in [0.1, 0.15) is 0 Å². The molecular weight excluding hydrogens is 168 g/mol. The van der Waals surface area contributed by atoms with E-state index in [-0.39, 0.29) is 0 Å². The molecular formula is C14H20. The molecule has 0 aliphatic heterocycles. The number of fused-ring (bicyclic) bond motifs is 1. The van der Waals surface area contributed by atoms with E-state index in [0.717, 1.165) is 35.0 Å². The van der Waals surface area contributed by atoms with Gasteiger partial charge in [-0.1, -0.05) is 25.5 Å². The minimum Gasteiger partial charge on any atom is -0.0879 e. The topological polar surface area (TPSA) is 0 Å². The van der Waals surface area contributed by atoms with Gasteiger partial charge in [-0.15, -0.1) is 0 Å². The summed E-state index contributed by atoms with van der Waals surface area (Å²) in [6.45, 7) is 2.42. The van der Waals surface area contributed by atoms with Crippen LogP contribution >= 0.6 is 0 Å². The van der Waals surface area contributed by atoms with E-state index in [1.165, 1.54) is 12.8 Å². The van der Waals surface area contributed by atoms with E-state index in [9.17, 15) is 0 Å². The van der Waals surface area contributed by atoms with E-state index in [1.54, 1.807) is 19.3 Å². The fourth-order valence-corrected chi connectivity index (χ4v) is 5.98. The van der Waals surface area contributed by atoms with E-state index in [0.29, 0.717) is 0 Å². The molecule has 0 aromatic rings. The first kappa shape index (κ1) is 7.96. The zero-order valence-corrected chi connectivity index (χ0v) is 9.08. The van der Waals surface area contributed by atoms with Gasteiger partial charge in [0.25, 0.3) is 0 Å². The first-order valence-corrected chi connectivity index (χ1v) is 6.52. The van der Waals surface area contributed by atoms with E-state index < -0.39 is 0 Å². The van der Waals surface area contributed by atoms with Crippen molar-refractivity contribution in [1.82, 2.24) is 0 Å². The highest BCUT2D eigenvalue weighted by Crippen LogP contribution is 2.75. The highest BCUT2D eigenvalue weighted by molar-refractivity contribution is 5.23. The van der Waals surface area contributed by atoms with Gasteiger partial charge in [-0.3, -0.25) is 0 Å². The van der Waals surface area contributed by atoms with Crippen molar-refractivity contribution in [2.45, 2.75) is 39.0 Å². The third kappa shape index (κ3) is 0.647. The Morgan fingerprint density at radius 3 is 3.14 bits per heavy atom. The molecule has 4 rings (SSSR count). The lowest BCUT2D eigenvalue weighted by Crippen LogP contribution is -2.31. The summed E-state index contributed by atoms with van der Waals surface area (Å²) >= 11 is 0. The van der Waals surface area contributed by atoms with Crippen LogP contribution in [-0.4, -0.2) is 0 Å². The fourth-order valence-electron chi connectivity index (χ4n) is 5.98. The fraction of sp³-hybridized carbons (Fsp3) is 0.857. The van der Waals surface area contributed by atoms with Gasteiger partial charge in [0, 0.05) is 0 Å². The quantitative estimate of drug-likeness (QED) is 0.551. The van der Waals surface area contributed by atoms with E-state index in [1.807, 2.05) is 0 Å². The average molecular weight is 188 g/mol. The molecule has 0 N–H and O–H groups in total. The van der Waals surface area contributed by atoms with Gasteiger partial charge >= 0.3 is 0 Å². The number of hydrogen-bond donors (Lipinski definition) is 0. The second-order valence-corrected chi connectivity index (χ2v) is 6.25. The van der Waals surface area contributed by atoms with Crippen molar-refractivity contribution in [1.29, 1.82) is 0 Å². The van der Waals surface area contributed by atoms with Crippen molar-refractivity contribution < 1.29 is 0 Å². The lowest BCUT2D eigenvalue weighted by molar-refractivity contribution is 0.117. The Morgan fingerprint density at radius 2 is 2.29 bits per heavy atom. The highest BCUT2D eigenvalue weighted by atomic mass is 14.7. The van der Waals surface area contributed by atoms with Crippen LogP contribution in [-0.2, 0) is 0 Å². The summed E-state index contributed by atoms with van der Waals surface area (Å²) in [6, 6.07) is 0. The minimum absolute atomic E-state index is 0.832. The number of allylic oxidation sites excluding steroid dienone is 2. The Kier molecular flexibility index (Phi) is 1.30. The summed E-state index contributed by atoms with van der Waals surface area (Å²) in [7, 11) is 0. The number of rotatable bonds is 1. The highest BCUT2D eigenvalue weighted by Gasteiger charge is 2.68. The molecule has 6 atom stereocenters. The van der Waals surface area contributed by atoms with Crippen LogP contribution in [0.4, 0.5) is 0 Å². The van der Waals surface area contributed by atoms with Crippen molar-refractivity contribution in [3.05, 3.63) is 12.2 Å². The Hall–Kier alpha value is -0.260. The maximum Gasteiger partial charge on any atom is -0.0194 e. The zero-order valence-electron chi connectivity index (χ0n) is 9.08. The molecule has 0 saturated heterocycles. The molecule has 6 unspecified atom stereocenters. The van der Waals surface area contributed by atoms with Gasteiger partial charge in [-0.05, 0) is 60.7 Å². The molecule has 14 heavy (non-hydrogen) atoms. The summed E-state index contributed by atoms with van der Waals surface area (Å²) in [4.78, 5) is 0. The van der Waals surface area contributed by atoms with Gasteiger partial charge in [-0.25, -0.2) is 0 Å². The van der Waals surface area contributed by atoms with Gasteiger partial charge in [-0.2, -0.15) is 0 Å². The third-order valence-electron chi connectivity index (χ3n) is 6.17. The second kappa shape index (κ2) is 2.28. The molecule has 4 aliphatic carbocycles. The van der Waals surface area contributed by atoms with Gasteiger partial charge in [0.15, 0.2) is 0 Å². The van der Waals surface area contributed by atoms with E-state index >= 15 is 0 Å². The maximum absolute atomic E-state index is 2.56. The zero-order chi connectivity index (χ0) is 9.34. The van der Waals surface area contributed by atoms with Gasteiger partial charge < -0.3 is 0 Å². The van der Waals surface area contributed by atoms with E-state index in [4.69, 9.17) is 0 Å². The van der Waals surface area contributed by atoms with Gasteiger partial charge in [0.05, 0.1) is 0 Å². The molecule has 0 aromatic heterocycles. The normalized spacial score (nSPS) is 62.5. The molecule has 4 aliphatic rings. The van der Waals surface area contributed by atoms with Crippen LogP contribution in [0.1, 0.15) is 39.0 Å². The van der Waals surface area contributed by atoms with E-state index in [2.05, 4.69) is 19.1 Å². The van der Waals surface area contributed by atoms with Crippen molar-refractivity contribution in [3.8, 4) is 0 Å². The predicted molar refractivity (Wildman–Crippen MR) is 57.8 cm³/mol. The van der Waals surface area contributed by atoms with Crippen molar-refractivity contribution >= 4 is 0 Å². The van der Waals surface area contributed by atoms with Crippen LogP contribution in [0.2, 0.25) is 0 Å². The summed E-state index contributed by atoms with van der Waals surface area (Å²) in [5, 5.41) is 0. The van der Waals surface area contributed by atoms with Crippen LogP contribution < -0.4 is 0 Å². The van der Waals surface area contributed by atoms with Crippen molar-refractivity contribution in [2.75, 3.05) is 0 Å². The predicted octanol–water partition coefficient (Wildman–Crippen LogP) is 3.63. The summed E-state index contributed by atoms with van der Waals surface area (Å²) in [5.41, 5.74) is 0.832. The van der Waals surface area contributed by atoms with Gasteiger partial charge in [0.2, 0.25) is 0 Å². The smallest absolute Gasteiger partial charge is 0.0194 e. The van der Waals surface area contributed by atoms with Crippen molar-refractivity contribution in [3.63, 3.8) is 0 Å². The average Bonchev–Trinajstić information content (AvgIpc) is 2.73. The van der Waals surface area contributed by atoms with Crippen LogP contribution in [0.5, 0.6) is 0 Å². The van der Waals surface area contributed by atoms with Crippen LogP contribution in [0, 0.1) is 35.0 Å². The first-order chi connectivity index (χ1) is 6.85. The molecule has 3 fully saturated rings. The summed E-state index contributed by atoms with van der Waals surface area (Å²) < 4.78 is 0. The molecule has 0 heteroatoms. The molecule has 0 aromatic carbocycles. The Morgan fingerprint density at radius 1 is 1.36 bits per heavy atom. The SMILES string of the molecule is CCC1CC2CC13CC1C=CCC3C12. The second-order valence-electron chi connectivity index (χ2n) is 6.25. The molecule has 0 radical (unpaired) electrons. The Bertz CT molecular complexity index is 303.